The van der Waals surface area contributed by atoms with Gasteiger partial charge in [0.1, 0.15) is 5.60 Å². The maximum absolute atomic E-state index is 12.7. The van der Waals surface area contributed by atoms with Crippen LogP contribution < -0.4 is 11.1 Å². The number of para-hydroxylation sites is 1. The number of hydrogen-bond donors (Lipinski definition) is 2. The molecule has 1 aromatic heterocycles. The number of benzene rings is 1. The van der Waals surface area contributed by atoms with Crippen molar-refractivity contribution in [3.05, 3.63) is 23.8 Å². The topological polar surface area (TPSA) is 102 Å². The number of ether oxygens (including phenoxy) is 1. The summed E-state index contributed by atoms with van der Waals surface area (Å²) in [5.41, 5.74) is 7.90. The van der Waals surface area contributed by atoms with Crippen LogP contribution in [0.25, 0.3) is 11.0 Å². The molecule has 8 heteroatoms. The van der Waals surface area contributed by atoms with Gasteiger partial charge in [0.15, 0.2) is 0 Å². The highest BCUT2D eigenvalue weighted by Gasteiger charge is 2.46. The highest BCUT2D eigenvalue weighted by molar-refractivity contribution is 6.05. The first-order chi connectivity index (χ1) is 14.0. The van der Waals surface area contributed by atoms with Crippen LogP contribution in [-0.4, -0.2) is 52.7 Å². The number of rotatable bonds is 7. The monoisotopic (exact) mass is 415 g/mol. The number of nitrogens with zero attached hydrogens (tertiary/aromatic N) is 3. The largest absolute Gasteiger partial charge is 0.444 e. The van der Waals surface area contributed by atoms with E-state index in [1.165, 1.54) is 0 Å². The summed E-state index contributed by atoms with van der Waals surface area (Å²) in [5, 5.41) is 2.80. The van der Waals surface area contributed by atoms with E-state index < -0.39 is 5.60 Å². The van der Waals surface area contributed by atoms with Gasteiger partial charge in [0.25, 0.3) is 5.91 Å². The van der Waals surface area contributed by atoms with Crippen LogP contribution in [0.1, 0.15) is 63.2 Å². The number of imidazole rings is 1. The molecule has 0 saturated heterocycles. The molecule has 1 aliphatic carbocycles. The van der Waals surface area contributed by atoms with Crippen molar-refractivity contribution >= 4 is 29.0 Å². The van der Waals surface area contributed by atoms with Gasteiger partial charge < -0.3 is 25.3 Å². The first-order valence-electron chi connectivity index (χ1n) is 10.5. The third-order valence-electron chi connectivity index (χ3n) is 5.38. The van der Waals surface area contributed by atoms with Gasteiger partial charge >= 0.3 is 6.09 Å². The number of unbranched alkanes of at least 4 members (excludes halogenated alkanes) is 1. The molecule has 8 nitrogen and oxygen atoms in total. The fourth-order valence-electron chi connectivity index (χ4n) is 3.85. The fraction of sp³-hybridized carbons (Fsp3) is 0.591. The van der Waals surface area contributed by atoms with Gasteiger partial charge in [-0.05, 0) is 65.0 Å². The Bertz CT molecular complexity index is 938. The number of nitrogen functional groups attached to an aromatic ring is 1. The predicted octanol–water partition coefficient (Wildman–Crippen LogP) is 3.50. The third-order valence-corrected chi connectivity index (χ3v) is 5.38. The Balaban J connectivity index is 1.69. The summed E-state index contributed by atoms with van der Waals surface area (Å²) in [4.78, 5) is 30.6. The van der Waals surface area contributed by atoms with E-state index in [1.54, 1.807) is 19.0 Å². The van der Waals surface area contributed by atoms with Crippen molar-refractivity contribution in [3.8, 4) is 0 Å². The number of carbonyl (C=O) groups is 2. The average molecular weight is 416 g/mol. The van der Waals surface area contributed by atoms with Crippen LogP contribution in [0.15, 0.2) is 18.2 Å². The minimum atomic E-state index is -0.496. The smallest absolute Gasteiger partial charge is 0.407 e. The lowest BCUT2D eigenvalue weighted by Crippen LogP contribution is -2.33. The van der Waals surface area contributed by atoms with Gasteiger partial charge in [0.2, 0.25) is 5.95 Å². The zero-order valence-corrected chi connectivity index (χ0v) is 18.6. The van der Waals surface area contributed by atoms with Crippen molar-refractivity contribution in [2.45, 2.75) is 64.0 Å². The maximum atomic E-state index is 12.7. The molecule has 0 aliphatic heterocycles. The number of aromatic nitrogens is 2. The van der Waals surface area contributed by atoms with Gasteiger partial charge in [-0.2, -0.15) is 0 Å². The van der Waals surface area contributed by atoms with Crippen molar-refractivity contribution < 1.29 is 14.3 Å². The molecule has 1 aromatic carbocycles. The van der Waals surface area contributed by atoms with Crippen LogP contribution in [0.2, 0.25) is 0 Å². The number of hydrogen-bond acceptors (Lipinski definition) is 5. The van der Waals surface area contributed by atoms with Crippen molar-refractivity contribution in [3.63, 3.8) is 0 Å². The number of amides is 2. The molecule has 0 atom stereocenters. The molecule has 1 heterocycles. The lowest BCUT2D eigenvalue weighted by molar-refractivity contribution is 0.0526. The summed E-state index contributed by atoms with van der Waals surface area (Å²) in [6.45, 7) is 6.10. The van der Waals surface area contributed by atoms with E-state index in [0.29, 0.717) is 18.1 Å². The summed E-state index contributed by atoms with van der Waals surface area (Å²) in [6.07, 6.45) is 4.32. The molecule has 3 N–H and O–H groups in total. The van der Waals surface area contributed by atoms with Crippen molar-refractivity contribution in [2.24, 2.45) is 0 Å². The highest BCUT2D eigenvalue weighted by atomic mass is 16.6. The van der Waals surface area contributed by atoms with Gasteiger partial charge in [0, 0.05) is 26.2 Å². The summed E-state index contributed by atoms with van der Waals surface area (Å²) in [5.74, 6) is 0.396. The number of alkyl carbamates (subject to hydrolysis) is 1. The van der Waals surface area contributed by atoms with Gasteiger partial charge in [0.05, 0.1) is 16.6 Å². The number of nitrogens with two attached hydrogens (primary N) is 1. The average Bonchev–Trinajstić information content (AvgIpc) is 3.32. The lowest BCUT2D eigenvalue weighted by Gasteiger charge is -2.22. The van der Waals surface area contributed by atoms with E-state index in [-0.39, 0.29) is 17.5 Å². The van der Waals surface area contributed by atoms with Crippen LogP contribution in [0, 0.1) is 0 Å². The number of nitrogens with one attached hydrogen (secondary N) is 1. The normalized spacial score (nSPS) is 15.1. The minimum Gasteiger partial charge on any atom is -0.444 e. The zero-order valence-electron chi connectivity index (χ0n) is 18.6. The van der Waals surface area contributed by atoms with E-state index in [4.69, 9.17) is 10.5 Å². The van der Waals surface area contributed by atoms with Crippen molar-refractivity contribution in [1.29, 1.82) is 0 Å². The summed E-state index contributed by atoms with van der Waals surface area (Å²) < 4.78 is 7.33. The Kier molecular flexibility index (Phi) is 5.97. The minimum absolute atomic E-state index is 0.0564. The molecule has 0 radical (unpaired) electrons. The second-order valence-electron chi connectivity index (χ2n) is 9.29. The van der Waals surface area contributed by atoms with Crippen molar-refractivity contribution in [2.75, 3.05) is 26.4 Å². The number of fused-ring (bicyclic) bond motifs is 1. The molecule has 0 bridgehead atoms. The highest BCUT2D eigenvalue weighted by Crippen LogP contribution is 2.50. The standard InChI is InChI=1S/C22H33N5O3/c1-21(2,3)30-20(29)24-14-7-6-11-22(12-13-22)27-17-15(18(28)26(4)5)9-8-10-16(17)25-19(27)23/h8-10H,6-7,11-14H2,1-5H3,(H2,23,25)(H,24,29). The Labute approximate surface area is 177 Å². The number of carbonyl (C=O) groups excluding carboxylic acids is 2. The van der Waals surface area contributed by atoms with E-state index in [0.717, 1.165) is 43.1 Å². The third kappa shape index (κ3) is 4.68. The van der Waals surface area contributed by atoms with E-state index >= 15 is 0 Å². The van der Waals surface area contributed by atoms with E-state index in [9.17, 15) is 9.59 Å². The van der Waals surface area contributed by atoms with Crippen LogP contribution in [0.3, 0.4) is 0 Å². The second kappa shape index (κ2) is 8.16. The Morgan fingerprint density at radius 3 is 2.57 bits per heavy atom. The maximum Gasteiger partial charge on any atom is 0.407 e. The first-order valence-corrected chi connectivity index (χ1v) is 10.5. The molecule has 164 valence electrons. The Hall–Kier alpha value is -2.77. The molecule has 2 amide bonds. The van der Waals surface area contributed by atoms with Crippen LogP contribution in [0.5, 0.6) is 0 Å². The predicted molar refractivity (Wildman–Crippen MR) is 117 cm³/mol. The SMILES string of the molecule is CN(C)C(=O)c1cccc2nc(N)n(C3(CCCCNC(=O)OC(C)(C)C)CC3)c12. The molecule has 2 aromatic rings. The lowest BCUT2D eigenvalue weighted by atomic mass is 10.1. The Morgan fingerprint density at radius 1 is 1.27 bits per heavy atom. The molecule has 30 heavy (non-hydrogen) atoms. The molecule has 0 unspecified atom stereocenters. The van der Waals surface area contributed by atoms with Gasteiger partial charge in [-0.3, -0.25) is 4.79 Å². The van der Waals surface area contributed by atoms with Crippen molar-refractivity contribution in [1.82, 2.24) is 19.8 Å². The fourth-order valence-corrected chi connectivity index (χ4v) is 3.85. The molecule has 1 aliphatic rings. The molecule has 3 rings (SSSR count). The zero-order chi connectivity index (χ0) is 22.1. The van der Waals surface area contributed by atoms with Crippen LogP contribution in [0.4, 0.5) is 10.7 Å². The number of anilines is 1. The van der Waals surface area contributed by atoms with Crippen LogP contribution >= 0.6 is 0 Å². The molecule has 1 saturated carbocycles. The molecular formula is C22H33N5O3. The quantitative estimate of drug-likeness (QED) is 0.674. The Morgan fingerprint density at radius 2 is 1.97 bits per heavy atom. The van der Waals surface area contributed by atoms with Crippen LogP contribution in [-0.2, 0) is 10.3 Å². The van der Waals surface area contributed by atoms with Gasteiger partial charge in [-0.25, -0.2) is 9.78 Å². The van der Waals surface area contributed by atoms with Gasteiger partial charge in [-0.1, -0.05) is 6.07 Å². The second-order valence-corrected chi connectivity index (χ2v) is 9.29. The molecule has 0 spiro atoms. The molecular weight excluding hydrogens is 382 g/mol. The van der Waals surface area contributed by atoms with Gasteiger partial charge in [-0.15, -0.1) is 0 Å². The van der Waals surface area contributed by atoms with E-state index in [2.05, 4.69) is 14.9 Å². The molecule has 1 fully saturated rings. The summed E-state index contributed by atoms with van der Waals surface area (Å²) >= 11 is 0. The van der Waals surface area contributed by atoms with E-state index in [1.807, 2.05) is 39.0 Å². The summed E-state index contributed by atoms with van der Waals surface area (Å²) in [7, 11) is 3.49. The first kappa shape index (κ1) is 21.9. The summed E-state index contributed by atoms with van der Waals surface area (Å²) in [6, 6.07) is 5.58.